The zero-order valence-electron chi connectivity index (χ0n) is 68.1. The summed E-state index contributed by atoms with van der Waals surface area (Å²) in [7, 11) is 0. The minimum Gasteiger partial charge on any atom is -0.292 e. The minimum absolute atomic E-state index is 0.851. The van der Waals surface area contributed by atoms with Crippen molar-refractivity contribution in [3.63, 3.8) is 0 Å². The third-order valence-corrected chi connectivity index (χ3v) is 27.6. The first kappa shape index (κ1) is 68.5. The molecule has 0 bridgehead atoms. The summed E-state index contributed by atoms with van der Waals surface area (Å²) in [4.78, 5) is 32.8. The third kappa shape index (κ3) is 9.44. The number of nitrogens with zero attached hydrogens (tertiary/aromatic N) is 9. The molecule has 0 aliphatic carbocycles. The van der Waals surface area contributed by atoms with Crippen molar-refractivity contribution in [3.8, 4) is 51.2 Å². The van der Waals surface area contributed by atoms with Crippen molar-refractivity contribution in [3.05, 3.63) is 394 Å². The van der Waals surface area contributed by atoms with E-state index in [0.717, 1.165) is 139 Å². The van der Waals surface area contributed by atoms with Crippen LogP contribution in [0.2, 0.25) is 0 Å². The minimum atomic E-state index is 0.851. The molecule has 0 fully saturated rings. The van der Waals surface area contributed by atoms with Gasteiger partial charge in [0.2, 0.25) is 0 Å². The molecule has 31 rings (SSSR count). The Morgan fingerprint density at radius 3 is 0.787 bits per heavy atom. The largest absolute Gasteiger partial charge is 0.292 e. The zero-order valence-corrected chi connectivity index (χ0v) is 68.1. The highest BCUT2D eigenvalue weighted by molar-refractivity contribution is 6.44. The van der Waals surface area contributed by atoms with Crippen LogP contribution in [-0.2, 0) is 0 Å². The SMILES string of the molecule is c1ccc(-c2nc3c(ccc4ccccc43)nc2-n2c3cccc4c5cccc6ccc7ccc2c(c7c65)c43)cc1.c1ccc(-c2nc3c4ccccc4c4ccccc4c3nc2-n2c3cccc4c5cccc6ccc7ccc2c(c7c65)c43)cc1.c1ccc(-c2nc3ccc4ccccc4c3nc2-n2c3cccc4c5cccc6ccc7ccc2c(c7c65)c43)cc1. The van der Waals surface area contributed by atoms with E-state index in [1.54, 1.807) is 0 Å². The molecule has 0 N–H and O–H groups in total. The lowest BCUT2D eigenvalue weighted by Gasteiger charge is -2.16. The molecule has 0 amide bonds. The summed E-state index contributed by atoms with van der Waals surface area (Å²) in [5.74, 6) is 2.56. The highest BCUT2D eigenvalue weighted by atomic mass is 15.1. The fraction of sp³-hybridized carbons (Fsp3) is 0. The van der Waals surface area contributed by atoms with Crippen molar-refractivity contribution in [1.82, 2.24) is 43.6 Å². The molecular formula is C118H65N9. The standard InChI is InChI=1S/C42H23N3.2C38H21N3/c1-2-10-26(11-3-1)39-42(44-41-32-16-7-5-14-28(32)27-13-4-6-15-31(27)40(41)43-39)45-33-19-9-18-30-29-17-8-12-24-20-21-25-22-23-34(45)38(37(30)33)36(25)35(24)29;1-2-9-25(10-3-1)36-38(39-29-20-18-22-8-4-5-12-26(22)37(29)40-36)41-30-15-7-14-28-27-13-6-11-23-16-17-24-19-21-31(41)35(34(28)30)33(24)32(23)27;1-2-9-25(10-3-1)36-38(40-37-26-12-5-4-8-22(26)18-20-29(37)39-36)41-30-15-7-14-28-27-13-6-11-23-16-17-24-19-21-31(41)35(34(28)30)33(24)32(23)27/h1-23H;2*1-21H. The zero-order chi connectivity index (χ0) is 82.5. The average Bonchev–Trinajstić information content (AvgIpc) is 1.54. The first-order valence-corrected chi connectivity index (χ1v) is 43.5. The smallest absolute Gasteiger partial charge is 0.165 e. The van der Waals surface area contributed by atoms with Crippen LogP contribution in [0, 0.1) is 0 Å². The Labute approximate surface area is 722 Å². The summed E-state index contributed by atoms with van der Waals surface area (Å²) >= 11 is 0. The van der Waals surface area contributed by atoms with Crippen LogP contribution in [0.15, 0.2) is 394 Å². The Hall–Kier alpha value is -17.1. The van der Waals surface area contributed by atoms with Crippen LogP contribution in [0.1, 0.15) is 0 Å². The van der Waals surface area contributed by atoms with Crippen LogP contribution in [0.4, 0.5) is 0 Å². The van der Waals surface area contributed by atoms with E-state index in [1.165, 1.54) is 151 Å². The van der Waals surface area contributed by atoms with Crippen molar-refractivity contribution < 1.29 is 0 Å². The molecule has 9 heteroatoms. The molecule has 31 aromatic rings. The molecule has 582 valence electrons. The predicted octanol–water partition coefficient (Wildman–Crippen LogP) is 30.8. The number of benzene rings is 25. The van der Waals surface area contributed by atoms with Gasteiger partial charge in [0.15, 0.2) is 17.5 Å². The Morgan fingerprint density at radius 2 is 0.386 bits per heavy atom. The maximum atomic E-state index is 5.64. The lowest BCUT2D eigenvalue weighted by Crippen LogP contribution is -2.04. The van der Waals surface area contributed by atoms with Crippen molar-refractivity contribution in [2.45, 2.75) is 0 Å². The van der Waals surface area contributed by atoms with Gasteiger partial charge in [-0.3, -0.25) is 13.7 Å². The van der Waals surface area contributed by atoms with Crippen LogP contribution in [0.3, 0.4) is 0 Å². The van der Waals surface area contributed by atoms with E-state index in [9.17, 15) is 0 Å². The van der Waals surface area contributed by atoms with E-state index >= 15 is 0 Å². The molecule has 25 aromatic carbocycles. The molecule has 0 aliphatic heterocycles. The van der Waals surface area contributed by atoms with Gasteiger partial charge < -0.3 is 0 Å². The summed E-state index contributed by atoms with van der Waals surface area (Å²) in [6.07, 6.45) is 0. The molecule has 6 aromatic heterocycles. The third-order valence-electron chi connectivity index (χ3n) is 27.6. The van der Waals surface area contributed by atoms with Crippen LogP contribution >= 0.6 is 0 Å². The highest BCUT2D eigenvalue weighted by Crippen LogP contribution is 2.53. The second kappa shape index (κ2) is 25.7. The maximum absolute atomic E-state index is 5.64. The molecule has 9 nitrogen and oxygen atoms in total. The van der Waals surface area contributed by atoms with Gasteiger partial charge >= 0.3 is 0 Å². The summed E-state index contributed by atoms with van der Waals surface area (Å²) in [5.41, 5.74) is 18.2. The number of hydrogen-bond acceptors (Lipinski definition) is 6. The van der Waals surface area contributed by atoms with Gasteiger partial charge in [0.05, 0.1) is 66.2 Å². The molecule has 0 spiro atoms. The van der Waals surface area contributed by atoms with Gasteiger partial charge in [-0.1, -0.05) is 346 Å². The predicted molar refractivity (Wildman–Crippen MR) is 533 cm³/mol. The average molecular weight is 1610 g/mol. The monoisotopic (exact) mass is 1610 g/mol. The van der Waals surface area contributed by atoms with Crippen molar-refractivity contribution in [2.75, 3.05) is 0 Å². The van der Waals surface area contributed by atoms with Gasteiger partial charge in [0.1, 0.15) is 17.1 Å². The van der Waals surface area contributed by atoms with Crippen LogP contribution in [0.5, 0.6) is 0 Å². The maximum Gasteiger partial charge on any atom is 0.165 e. The second-order valence-electron chi connectivity index (χ2n) is 34.1. The van der Waals surface area contributed by atoms with Gasteiger partial charge in [-0.2, -0.15) is 0 Å². The van der Waals surface area contributed by atoms with Crippen LogP contribution in [0.25, 0.3) is 290 Å². The normalized spacial score (nSPS) is 12.4. The topological polar surface area (TPSA) is 92.1 Å². The van der Waals surface area contributed by atoms with E-state index < -0.39 is 0 Å². The van der Waals surface area contributed by atoms with Gasteiger partial charge in [-0.15, -0.1) is 0 Å². The number of fused-ring (bicyclic) bond motifs is 15. The Balaban J connectivity index is 0.0000000947. The van der Waals surface area contributed by atoms with E-state index in [-0.39, 0.29) is 0 Å². The Morgan fingerprint density at radius 1 is 0.134 bits per heavy atom. The quantitative estimate of drug-likeness (QED) is 0.122. The lowest BCUT2D eigenvalue weighted by molar-refractivity contribution is 1.08. The van der Waals surface area contributed by atoms with Crippen molar-refractivity contribution >= 4 is 239 Å². The second-order valence-corrected chi connectivity index (χ2v) is 34.1. The fourth-order valence-corrected chi connectivity index (χ4v) is 22.3. The Kier molecular flexibility index (Phi) is 13.9. The summed E-state index contributed by atoms with van der Waals surface area (Å²) < 4.78 is 7.08. The molecule has 0 aliphatic rings. The Bertz CT molecular complexity index is 10100. The molecule has 127 heavy (non-hydrogen) atoms. The van der Waals surface area contributed by atoms with E-state index in [1.807, 2.05) is 0 Å². The van der Waals surface area contributed by atoms with E-state index in [2.05, 4.69) is 408 Å². The van der Waals surface area contributed by atoms with E-state index in [0.29, 0.717) is 0 Å². The first-order valence-electron chi connectivity index (χ1n) is 43.5. The molecule has 6 heterocycles. The van der Waals surface area contributed by atoms with Gasteiger partial charge in [-0.25, -0.2) is 29.9 Å². The van der Waals surface area contributed by atoms with Crippen molar-refractivity contribution in [2.24, 2.45) is 0 Å². The summed E-state index contributed by atoms with van der Waals surface area (Å²) in [6.45, 7) is 0. The van der Waals surface area contributed by atoms with E-state index in [4.69, 9.17) is 29.9 Å². The van der Waals surface area contributed by atoms with Crippen LogP contribution in [-0.4, -0.2) is 43.6 Å². The molecular weight excluding hydrogens is 1540 g/mol. The molecule has 0 radical (unpaired) electrons. The lowest BCUT2D eigenvalue weighted by atomic mass is 9.89. The van der Waals surface area contributed by atoms with Gasteiger partial charge in [-0.05, 0) is 151 Å². The molecule has 0 saturated heterocycles. The summed E-state index contributed by atoms with van der Waals surface area (Å²) in [5, 5.41) is 40.3. The number of rotatable bonds is 6. The number of aromatic nitrogens is 9. The van der Waals surface area contributed by atoms with Crippen LogP contribution < -0.4 is 0 Å². The highest BCUT2D eigenvalue weighted by Gasteiger charge is 2.31. The molecule has 0 saturated carbocycles. The first-order chi connectivity index (χ1) is 63.0. The number of hydrogen-bond donors (Lipinski definition) is 0. The van der Waals surface area contributed by atoms with Crippen molar-refractivity contribution in [1.29, 1.82) is 0 Å². The molecule has 0 unspecified atom stereocenters. The van der Waals surface area contributed by atoms with Gasteiger partial charge in [0, 0.05) is 86.7 Å². The molecule has 0 atom stereocenters. The fourth-order valence-electron chi connectivity index (χ4n) is 22.3. The summed E-state index contributed by atoms with van der Waals surface area (Å²) in [6, 6.07) is 141. The van der Waals surface area contributed by atoms with Gasteiger partial charge in [0.25, 0.3) is 0 Å².